The van der Waals surface area contributed by atoms with Gasteiger partial charge in [-0.05, 0) is 49.6 Å². The minimum Gasteiger partial charge on any atom is -0.505 e. The van der Waals surface area contributed by atoms with Crippen molar-refractivity contribution in [2.75, 3.05) is 0 Å². The highest BCUT2D eigenvalue weighted by Gasteiger charge is 2.26. The molecule has 144 valence electrons. The summed E-state index contributed by atoms with van der Waals surface area (Å²) in [5.74, 6) is -1.47. The number of hydrogen-bond donors (Lipinski definition) is 2. The first kappa shape index (κ1) is 19.8. The lowest BCUT2D eigenvalue weighted by Gasteiger charge is -2.18. The molecule has 0 spiro atoms. The lowest BCUT2D eigenvalue weighted by molar-refractivity contribution is 0.148. The van der Waals surface area contributed by atoms with E-state index in [1.807, 2.05) is 6.92 Å². The number of hydrogen-bond acceptors (Lipinski definition) is 5. The number of benzene rings is 2. The summed E-state index contributed by atoms with van der Waals surface area (Å²) in [6.45, 7) is 10.6. The largest absolute Gasteiger partial charge is 0.505 e. The van der Waals surface area contributed by atoms with Gasteiger partial charge in [-0.25, -0.2) is 9.24 Å². The van der Waals surface area contributed by atoms with Crippen molar-refractivity contribution in [3.05, 3.63) is 69.6 Å². The quantitative estimate of drug-likeness (QED) is 0.600. The molecular formula is C20H17ClFN3O3. The van der Waals surface area contributed by atoms with Crippen molar-refractivity contribution < 1.29 is 19.0 Å². The molecule has 0 aliphatic heterocycles. The molecule has 1 heterocycles. The smallest absolute Gasteiger partial charge is 0.247 e. The van der Waals surface area contributed by atoms with Crippen LogP contribution in [-0.2, 0) is 6.42 Å². The zero-order valence-electron chi connectivity index (χ0n) is 15.1. The Labute approximate surface area is 166 Å². The first-order chi connectivity index (χ1) is 13.3. The van der Waals surface area contributed by atoms with Crippen molar-refractivity contribution in [1.29, 1.82) is 0 Å². The molecule has 28 heavy (non-hydrogen) atoms. The van der Waals surface area contributed by atoms with Crippen LogP contribution in [-0.4, -0.2) is 26.5 Å². The summed E-state index contributed by atoms with van der Waals surface area (Å²) in [6, 6.07) is 7.13. The summed E-state index contributed by atoms with van der Waals surface area (Å²) < 4.78 is 18.9. The second kappa shape index (κ2) is 7.97. The average molecular weight is 402 g/mol. The van der Waals surface area contributed by atoms with Gasteiger partial charge in [-0.3, -0.25) is 0 Å². The molecule has 0 unspecified atom stereocenters. The van der Waals surface area contributed by atoms with E-state index in [0.717, 1.165) is 17.2 Å². The molecule has 2 aromatic carbocycles. The van der Waals surface area contributed by atoms with Crippen LogP contribution >= 0.6 is 11.6 Å². The third kappa shape index (κ3) is 3.84. The molecule has 2 atom stereocenters. The standard InChI is InChI=1S/C20H17ClFN3O3/c1-10-12(5-7-16(23-3)18(10)21)8-14(11(2)26)20-25-24-19(28-20)13-4-6-15(22)17(27)9-13/h4-7,9,11,14,26-27H,8H2,1-2H3/t11-,14+/m0/s1. The van der Waals surface area contributed by atoms with E-state index < -0.39 is 23.6 Å². The van der Waals surface area contributed by atoms with Gasteiger partial charge in [0.1, 0.15) is 0 Å². The Bertz CT molecular complexity index is 1060. The van der Waals surface area contributed by atoms with Gasteiger partial charge in [0, 0.05) is 5.56 Å². The number of aliphatic hydroxyl groups excluding tert-OH is 1. The van der Waals surface area contributed by atoms with Gasteiger partial charge in [-0.15, -0.1) is 10.2 Å². The molecule has 3 aromatic rings. The molecule has 0 amide bonds. The monoisotopic (exact) mass is 401 g/mol. The van der Waals surface area contributed by atoms with Gasteiger partial charge in [0.2, 0.25) is 17.5 Å². The van der Waals surface area contributed by atoms with Gasteiger partial charge < -0.3 is 14.6 Å². The Balaban J connectivity index is 1.92. The first-order valence-electron chi connectivity index (χ1n) is 8.47. The third-order valence-corrected chi connectivity index (χ3v) is 5.05. The van der Waals surface area contributed by atoms with Gasteiger partial charge in [-0.1, -0.05) is 23.7 Å². The first-order valence-corrected chi connectivity index (χ1v) is 8.85. The Kier molecular flexibility index (Phi) is 5.63. The second-order valence-electron chi connectivity index (χ2n) is 6.46. The molecular weight excluding hydrogens is 385 g/mol. The van der Waals surface area contributed by atoms with E-state index in [2.05, 4.69) is 15.0 Å². The molecule has 6 nitrogen and oxygen atoms in total. The molecule has 0 fully saturated rings. The Morgan fingerprint density at radius 2 is 2.04 bits per heavy atom. The van der Waals surface area contributed by atoms with Crippen LogP contribution in [0.2, 0.25) is 5.02 Å². The molecule has 0 saturated carbocycles. The predicted octanol–water partition coefficient (Wildman–Crippen LogP) is 4.80. The van der Waals surface area contributed by atoms with Crippen LogP contribution in [0, 0.1) is 19.3 Å². The molecule has 0 aliphatic rings. The highest BCUT2D eigenvalue weighted by molar-refractivity contribution is 6.34. The van der Waals surface area contributed by atoms with Crippen LogP contribution < -0.4 is 0 Å². The van der Waals surface area contributed by atoms with E-state index in [0.29, 0.717) is 22.7 Å². The molecule has 0 aliphatic carbocycles. The highest BCUT2D eigenvalue weighted by Crippen LogP contribution is 2.34. The number of phenols is 1. The van der Waals surface area contributed by atoms with Gasteiger partial charge in [0.05, 0.1) is 23.6 Å². The molecule has 0 saturated heterocycles. The lowest BCUT2D eigenvalue weighted by atomic mass is 9.92. The van der Waals surface area contributed by atoms with Crippen molar-refractivity contribution in [2.24, 2.45) is 0 Å². The summed E-state index contributed by atoms with van der Waals surface area (Å²) in [7, 11) is 0. The molecule has 0 bridgehead atoms. The summed E-state index contributed by atoms with van der Waals surface area (Å²) >= 11 is 6.24. The third-order valence-electron chi connectivity index (χ3n) is 4.57. The second-order valence-corrected chi connectivity index (χ2v) is 6.84. The van der Waals surface area contributed by atoms with Crippen LogP contribution in [0.5, 0.6) is 5.75 Å². The predicted molar refractivity (Wildman–Crippen MR) is 102 cm³/mol. The molecule has 8 heteroatoms. The fourth-order valence-corrected chi connectivity index (χ4v) is 3.09. The number of aromatic nitrogens is 2. The maximum atomic E-state index is 13.2. The fourth-order valence-electron chi connectivity index (χ4n) is 2.87. The van der Waals surface area contributed by atoms with Crippen LogP contribution in [0.1, 0.15) is 29.9 Å². The van der Waals surface area contributed by atoms with Crippen molar-refractivity contribution in [3.63, 3.8) is 0 Å². The van der Waals surface area contributed by atoms with Crippen molar-refractivity contribution in [2.45, 2.75) is 32.3 Å². The summed E-state index contributed by atoms with van der Waals surface area (Å²) in [5, 5.41) is 28.1. The van der Waals surface area contributed by atoms with Crippen LogP contribution in [0.4, 0.5) is 10.1 Å². The Morgan fingerprint density at radius 1 is 1.29 bits per heavy atom. The zero-order chi connectivity index (χ0) is 20.4. The lowest BCUT2D eigenvalue weighted by Crippen LogP contribution is -2.18. The average Bonchev–Trinajstić information content (AvgIpc) is 3.14. The molecule has 0 radical (unpaired) electrons. The minimum absolute atomic E-state index is 0.106. The summed E-state index contributed by atoms with van der Waals surface area (Å²) in [4.78, 5) is 3.38. The van der Waals surface area contributed by atoms with E-state index in [9.17, 15) is 14.6 Å². The van der Waals surface area contributed by atoms with Gasteiger partial charge >= 0.3 is 0 Å². The number of rotatable bonds is 5. The normalized spacial score (nSPS) is 13.1. The molecule has 1 aromatic heterocycles. The van der Waals surface area contributed by atoms with E-state index in [1.165, 1.54) is 12.1 Å². The maximum Gasteiger partial charge on any atom is 0.247 e. The van der Waals surface area contributed by atoms with Gasteiger partial charge in [0.25, 0.3) is 0 Å². The van der Waals surface area contributed by atoms with E-state index >= 15 is 0 Å². The number of aromatic hydroxyl groups is 1. The summed E-state index contributed by atoms with van der Waals surface area (Å²) in [5.41, 5.74) is 2.34. The van der Waals surface area contributed by atoms with Crippen molar-refractivity contribution in [1.82, 2.24) is 10.2 Å². The van der Waals surface area contributed by atoms with Crippen LogP contribution in [0.3, 0.4) is 0 Å². The van der Waals surface area contributed by atoms with E-state index in [-0.39, 0.29) is 11.8 Å². The van der Waals surface area contributed by atoms with Crippen molar-refractivity contribution in [3.8, 4) is 17.2 Å². The van der Waals surface area contributed by atoms with Crippen LogP contribution in [0.15, 0.2) is 34.7 Å². The molecule has 2 N–H and O–H groups in total. The minimum atomic E-state index is -0.798. The number of aliphatic hydroxyl groups is 1. The Morgan fingerprint density at radius 3 is 2.68 bits per heavy atom. The number of nitrogens with zero attached hydrogens (tertiary/aromatic N) is 3. The van der Waals surface area contributed by atoms with Crippen molar-refractivity contribution >= 4 is 17.3 Å². The van der Waals surface area contributed by atoms with Crippen LogP contribution in [0.25, 0.3) is 16.3 Å². The number of halogens is 2. The Hall–Kier alpha value is -2.95. The topological polar surface area (TPSA) is 83.7 Å². The maximum absolute atomic E-state index is 13.2. The fraction of sp³-hybridized carbons (Fsp3) is 0.250. The van der Waals surface area contributed by atoms with E-state index in [4.69, 9.17) is 22.6 Å². The number of phenolic OH excluding ortho intramolecular Hbond substituents is 1. The molecule has 3 rings (SSSR count). The SMILES string of the molecule is [C-]#[N+]c1ccc(C[C@@H](c2nnc(-c3ccc(F)c(O)c3)o2)[C@H](C)O)c(C)c1Cl. The van der Waals surface area contributed by atoms with E-state index in [1.54, 1.807) is 19.1 Å². The highest BCUT2D eigenvalue weighted by atomic mass is 35.5. The summed E-state index contributed by atoms with van der Waals surface area (Å²) in [6.07, 6.45) is -0.425. The zero-order valence-corrected chi connectivity index (χ0v) is 15.9. The van der Waals surface area contributed by atoms with Gasteiger partial charge in [0.15, 0.2) is 11.6 Å². The van der Waals surface area contributed by atoms with Gasteiger partial charge in [-0.2, -0.15) is 0 Å².